The van der Waals surface area contributed by atoms with Gasteiger partial charge < -0.3 is 15.5 Å². The SMILES string of the molecule is O=C(Nc1ccc(N2CCCC2=O)cc1)Nc1ccc(Cl)c(Cl)c1. The van der Waals surface area contributed by atoms with Crippen molar-refractivity contribution in [2.75, 3.05) is 22.1 Å². The van der Waals surface area contributed by atoms with Crippen LogP contribution in [-0.2, 0) is 4.79 Å². The zero-order chi connectivity index (χ0) is 17.1. The van der Waals surface area contributed by atoms with Crippen molar-refractivity contribution in [1.29, 1.82) is 0 Å². The number of nitrogens with one attached hydrogen (secondary N) is 2. The second-order valence-corrected chi connectivity index (χ2v) is 6.22. The van der Waals surface area contributed by atoms with Gasteiger partial charge in [0.2, 0.25) is 5.91 Å². The first-order valence-corrected chi connectivity index (χ1v) is 8.22. The molecule has 0 aromatic heterocycles. The normalized spacial score (nSPS) is 13.9. The van der Waals surface area contributed by atoms with Gasteiger partial charge in [-0.1, -0.05) is 23.2 Å². The Hall–Kier alpha value is -2.24. The molecule has 2 N–H and O–H groups in total. The van der Waals surface area contributed by atoms with Crippen LogP contribution in [0.15, 0.2) is 42.5 Å². The van der Waals surface area contributed by atoms with Gasteiger partial charge in [-0.2, -0.15) is 0 Å². The van der Waals surface area contributed by atoms with Gasteiger partial charge in [0.15, 0.2) is 0 Å². The Balaban J connectivity index is 1.62. The maximum Gasteiger partial charge on any atom is 0.323 e. The number of hydrogen-bond donors (Lipinski definition) is 2. The summed E-state index contributed by atoms with van der Waals surface area (Å²) in [6.07, 6.45) is 1.47. The third kappa shape index (κ3) is 3.80. The van der Waals surface area contributed by atoms with Gasteiger partial charge in [0.05, 0.1) is 10.0 Å². The van der Waals surface area contributed by atoms with E-state index < -0.39 is 6.03 Å². The Morgan fingerprint density at radius 3 is 2.25 bits per heavy atom. The molecule has 1 aliphatic rings. The minimum absolute atomic E-state index is 0.132. The van der Waals surface area contributed by atoms with Gasteiger partial charge >= 0.3 is 6.03 Å². The minimum Gasteiger partial charge on any atom is -0.312 e. The monoisotopic (exact) mass is 363 g/mol. The first-order valence-electron chi connectivity index (χ1n) is 7.46. The van der Waals surface area contributed by atoms with Gasteiger partial charge in [0, 0.05) is 30.0 Å². The lowest BCUT2D eigenvalue weighted by molar-refractivity contribution is -0.117. The summed E-state index contributed by atoms with van der Waals surface area (Å²) in [5, 5.41) is 6.20. The van der Waals surface area contributed by atoms with Crippen LogP contribution < -0.4 is 15.5 Å². The summed E-state index contributed by atoms with van der Waals surface area (Å²) >= 11 is 11.8. The van der Waals surface area contributed by atoms with Crippen molar-refractivity contribution in [2.24, 2.45) is 0 Å². The molecule has 2 aromatic carbocycles. The number of rotatable bonds is 3. The number of nitrogens with zero attached hydrogens (tertiary/aromatic N) is 1. The third-order valence-electron chi connectivity index (χ3n) is 3.69. The van der Waals surface area contributed by atoms with Crippen molar-refractivity contribution in [1.82, 2.24) is 0 Å². The van der Waals surface area contributed by atoms with Crippen LogP contribution in [0.5, 0.6) is 0 Å². The average Bonchev–Trinajstić information content (AvgIpc) is 2.98. The Labute approximate surface area is 149 Å². The maximum atomic E-state index is 12.0. The van der Waals surface area contributed by atoms with Crippen molar-refractivity contribution in [3.05, 3.63) is 52.5 Å². The molecule has 24 heavy (non-hydrogen) atoms. The number of halogens is 2. The molecule has 0 unspecified atom stereocenters. The van der Waals surface area contributed by atoms with Gasteiger partial charge in [0.25, 0.3) is 0 Å². The number of amides is 3. The number of carbonyl (C=O) groups is 2. The lowest BCUT2D eigenvalue weighted by atomic mass is 10.2. The van der Waals surface area contributed by atoms with E-state index >= 15 is 0 Å². The first-order chi connectivity index (χ1) is 11.5. The lowest BCUT2D eigenvalue weighted by Crippen LogP contribution is -2.23. The van der Waals surface area contributed by atoms with Gasteiger partial charge in [-0.15, -0.1) is 0 Å². The van der Waals surface area contributed by atoms with E-state index in [1.165, 1.54) is 0 Å². The molecule has 1 saturated heterocycles. The Morgan fingerprint density at radius 2 is 1.62 bits per heavy atom. The molecular formula is C17H15Cl2N3O2. The Kier molecular flexibility index (Phi) is 4.92. The molecule has 1 heterocycles. The van der Waals surface area contributed by atoms with Crippen LogP contribution in [-0.4, -0.2) is 18.5 Å². The predicted molar refractivity (Wildman–Crippen MR) is 97.1 cm³/mol. The van der Waals surface area contributed by atoms with Crippen LogP contribution in [0.4, 0.5) is 21.9 Å². The van der Waals surface area contributed by atoms with E-state index in [2.05, 4.69) is 10.6 Å². The van der Waals surface area contributed by atoms with Crippen LogP contribution >= 0.6 is 23.2 Å². The maximum absolute atomic E-state index is 12.0. The zero-order valence-electron chi connectivity index (χ0n) is 12.7. The summed E-state index contributed by atoms with van der Waals surface area (Å²) in [7, 11) is 0. The van der Waals surface area contributed by atoms with Crippen LogP contribution in [0, 0.1) is 0 Å². The Bertz CT molecular complexity index is 778. The third-order valence-corrected chi connectivity index (χ3v) is 4.43. The number of urea groups is 1. The molecule has 0 aliphatic carbocycles. The molecule has 3 amide bonds. The lowest BCUT2D eigenvalue weighted by Gasteiger charge is -2.16. The topological polar surface area (TPSA) is 61.4 Å². The van der Waals surface area contributed by atoms with Crippen molar-refractivity contribution < 1.29 is 9.59 Å². The average molecular weight is 364 g/mol. The quantitative estimate of drug-likeness (QED) is 0.825. The van der Waals surface area contributed by atoms with Gasteiger partial charge in [-0.25, -0.2) is 4.79 Å². The smallest absolute Gasteiger partial charge is 0.312 e. The van der Waals surface area contributed by atoms with Crippen LogP contribution in [0.25, 0.3) is 0 Å². The van der Waals surface area contributed by atoms with Gasteiger partial charge in [0.1, 0.15) is 0 Å². The molecule has 0 atom stereocenters. The van der Waals surface area contributed by atoms with Crippen LogP contribution in [0.1, 0.15) is 12.8 Å². The fraction of sp³-hybridized carbons (Fsp3) is 0.176. The first kappa shape index (κ1) is 16.6. The molecule has 5 nitrogen and oxygen atoms in total. The largest absolute Gasteiger partial charge is 0.323 e. The molecule has 1 fully saturated rings. The zero-order valence-corrected chi connectivity index (χ0v) is 14.2. The van der Waals surface area contributed by atoms with E-state index in [4.69, 9.17) is 23.2 Å². The summed E-state index contributed by atoms with van der Waals surface area (Å²) < 4.78 is 0. The minimum atomic E-state index is -0.390. The van der Waals surface area contributed by atoms with Crippen LogP contribution in [0.2, 0.25) is 10.0 Å². The van der Waals surface area contributed by atoms with E-state index in [0.717, 1.165) is 18.7 Å². The molecule has 2 aromatic rings. The number of carbonyl (C=O) groups excluding carboxylic acids is 2. The predicted octanol–water partition coefficient (Wildman–Crippen LogP) is 4.76. The molecule has 0 spiro atoms. The van der Waals surface area contributed by atoms with Gasteiger partial charge in [-0.05, 0) is 48.9 Å². The molecule has 0 radical (unpaired) electrons. The highest BCUT2D eigenvalue weighted by Gasteiger charge is 2.21. The summed E-state index contributed by atoms with van der Waals surface area (Å²) in [5.41, 5.74) is 2.01. The van der Waals surface area contributed by atoms with E-state index in [-0.39, 0.29) is 5.91 Å². The van der Waals surface area contributed by atoms with E-state index in [0.29, 0.717) is 27.8 Å². The second kappa shape index (κ2) is 7.11. The molecule has 1 aliphatic heterocycles. The van der Waals surface area contributed by atoms with E-state index in [1.807, 2.05) is 12.1 Å². The van der Waals surface area contributed by atoms with Crippen molar-refractivity contribution >= 4 is 52.2 Å². The number of benzene rings is 2. The molecule has 3 rings (SSSR count). The molecular weight excluding hydrogens is 349 g/mol. The number of anilines is 3. The van der Waals surface area contributed by atoms with E-state index in [1.54, 1.807) is 35.2 Å². The van der Waals surface area contributed by atoms with Crippen molar-refractivity contribution in [3.63, 3.8) is 0 Å². The summed E-state index contributed by atoms with van der Waals surface area (Å²) in [6.45, 7) is 0.740. The summed E-state index contributed by atoms with van der Waals surface area (Å²) in [6, 6.07) is 11.6. The van der Waals surface area contributed by atoms with E-state index in [9.17, 15) is 9.59 Å². The Morgan fingerprint density at radius 1 is 0.958 bits per heavy atom. The fourth-order valence-electron chi connectivity index (χ4n) is 2.51. The van der Waals surface area contributed by atoms with Crippen molar-refractivity contribution in [2.45, 2.75) is 12.8 Å². The number of hydrogen-bond acceptors (Lipinski definition) is 2. The second-order valence-electron chi connectivity index (χ2n) is 5.40. The highest BCUT2D eigenvalue weighted by Crippen LogP contribution is 2.25. The standard InChI is InChI=1S/C17H15Cl2N3O2/c18-14-8-5-12(10-15(14)19)21-17(24)20-11-3-6-13(7-4-11)22-9-1-2-16(22)23/h3-8,10H,1-2,9H2,(H2,20,21,24). The molecule has 124 valence electrons. The highest BCUT2D eigenvalue weighted by molar-refractivity contribution is 6.42. The van der Waals surface area contributed by atoms with Gasteiger partial charge in [-0.3, -0.25) is 4.79 Å². The molecule has 0 saturated carbocycles. The molecule has 7 heteroatoms. The fourth-order valence-corrected chi connectivity index (χ4v) is 2.81. The van der Waals surface area contributed by atoms with Crippen LogP contribution in [0.3, 0.4) is 0 Å². The summed E-state index contributed by atoms with van der Waals surface area (Å²) in [5.74, 6) is 0.132. The summed E-state index contributed by atoms with van der Waals surface area (Å²) in [4.78, 5) is 25.5. The molecule has 0 bridgehead atoms. The highest BCUT2D eigenvalue weighted by atomic mass is 35.5. The van der Waals surface area contributed by atoms with Crippen molar-refractivity contribution in [3.8, 4) is 0 Å².